The van der Waals surface area contributed by atoms with Gasteiger partial charge in [0.1, 0.15) is 6.33 Å². The third-order valence-electron chi connectivity index (χ3n) is 8.46. The van der Waals surface area contributed by atoms with Crippen molar-refractivity contribution in [3.05, 3.63) is 76.4 Å². The van der Waals surface area contributed by atoms with Crippen LogP contribution in [0.4, 0.5) is 27.6 Å². The standard InChI is InChI=1S/C28H28F5N5O/c1-26(30,23(29)24-35-34-16-36(24)2)18-4-3-5-19(12-18)38-14-21-20(25(38)39)10-17(11-22(21)28(31,32)33)13-37-9-8-27(15-37)6-7-27/h3-5,10-12,16,23H,6-9,13-15H2,1-2H3/t23-,26+/m0/s1. The van der Waals surface area contributed by atoms with Crippen LogP contribution in [0, 0.1) is 5.41 Å². The number of likely N-dealkylation sites (tertiary alicyclic amines) is 1. The molecule has 3 aliphatic rings. The number of hydrogen-bond acceptors (Lipinski definition) is 4. The molecule has 6 rings (SSSR count). The first-order valence-corrected chi connectivity index (χ1v) is 12.9. The predicted octanol–water partition coefficient (Wildman–Crippen LogP) is 5.88. The first-order valence-electron chi connectivity index (χ1n) is 12.9. The van der Waals surface area contributed by atoms with E-state index in [2.05, 4.69) is 15.1 Å². The number of anilines is 1. The molecule has 2 fully saturated rings. The number of fused-ring (bicyclic) bond motifs is 1. The Labute approximate surface area is 222 Å². The number of aryl methyl sites for hydroxylation is 1. The van der Waals surface area contributed by atoms with E-state index in [0.717, 1.165) is 45.3 Å². The largest absolute Gasteiger partial charge is 0.416 e. The minimum atomic E-state index is -4.64. The first-order chi connectivity index (χ1) is 18.4. The molecule has 0 bridgehead atoms. The Morgan fingerprint density at radius 1 is 1.10 bits per heavy atom. The summed E-state index contributed by atoms with van der Waals surface area (Å²) >= 11 is 0. The quantitative estimate of drug-likeness (QED) is 0.364. The van der Waals surface area contributed by atoms with E-state index in [1.807, 2.05) is 0 Å². The van der Waals surface area contributed by atoms with Gasteiger partial charge in [-0.1, -0.05) is 12.1 Å². The molecule has 1 amide bonds. The average molecular weight is 546 g/mol. The third kappa shape index (κ3) is 4.50. The maximum Gasteiger partial charge on any atom is 0.416 e. The van der Waals surface area contributed by atoms with Crippen molar-refractivity contribution in [2.45, 2.75) is 57.3 Å². The third-order valence-corrected chi connectivity index (χ3v) is 8.46. The zero-order valence-corrected chi connectivity index (χ0v) is 21.6. The fraction of sp³-hybridized carbons (Fsp3) is 0.464. The second kappa shape index (κ2) is 8.84. The van der Waals surface area contributed by atoms with Gasteiger partial charge in [0, 0.05) is 31.4 Å². The fourth-order valence-electron chi connectivity index (χ4n) is 5.92. The Morgan fingerprint density at radius 2 is 1.87 bits per heavy atom. The van der Waals surface area contributed by atoms with Gasteiger partial charge in [0.05, 0.1) is 12.1 Å². The van der Waals surface area contributed by atoms with E-state index in [-0.39, 0.29) is 34.7 Å². The molecule has 1 saturated carbocycles. The van der Waals surface area contributed by atoms with Gasteiger partial charge in [-0.25, -0.2) is 8.78 Å². The molecule has 3 aromatic rings. The van der Waals surface area contributed by atoms with E-state index in [9.17, 15) is 18.0 Å². The van der Waals surface area contributed by atoms with Crippen molar-refractivity contribution in [3.63, 3.8) is 0 Å². The zero-order valence-electron chi connectivity index (χ0n) is 21.6. The highest BCUT2D eigenvalue weighted by Crippen LogP contribution is 2.53. The topological polar surface area (TPSA) is 54.3 Å². The van der Waals surface area contributed by atoms with E-state index in [1.54, 1.807) is 6.07 Å². The van der Waals surface area contributed by atoms with Crippen LogP contribution in [0.2, 0.25) is 0 Å². The van der Waals surface area contributed by atoms with Gasteiger partial charge >= 0.3 is 6.18 Å². The molecule has 2 atom stereocenters. The molecule has 11 heteroatoms. The number of carbonyl (C=O) groups is 1. The van der Waals surface area contributed by atoms with E-state index in [0.29, 0.717) is 17.5 Å². The summed E-state index contributed by atoms with van der Waals surface area (Å²) in [7, 11) is 1.49. The Bertz CT molecular complexity index is 1440. The molecule has 3 heterocycles. The lowest BCUT2D eigenvalue weighted by molar-refractivity contribution is -0.138. The number of benzene rings is 2. The first kappa shape index (κ1) is 25.9. The van der Waals surface area contributed by atoms with E-state index in [4.69, 9.17) is 0 Å². The molecule has 1 spiro atoms. The van der Waals surface area contributed by atoms with Gasteiger partial charge in [-0.15, -0.1) is 10.2 Å². The van der Waals surface area contributed by atoms with Crippen molar-refractivity contribution in [1.82, 2.24) is 19.7 Å². The van der Waals surface area contributed by atoms with Crippen molar-refractivity contribution in [3.8, 4) is 0 Å². The molecule has 0 radical (unpaired) electrons. The highest BCUT2D eigenvalue weighted by molar-refractivity contribution is 6.10. The van der Waals surface area contributed by atoms with Gasteiger partial charge in [0.25, 0.3) is 5.91 Å². The number of halogens is 5. The second-order valence-electron chi connectivity index (χ2n) is 11.3. The minimum Gasteiger partial charge on any atom is -0.318 e. The van der Waals surface area contributed by atoms with Gasteiger partial charge in [0.15, 0.2) is 17.7 Å². The summed E-state index contributed by atoms with van der Waals surface area (Å²) in [6.45, 7) is 2.79. The molecular weight excluding hydrogens is 517 g/mol. The predicted molar refractivity (Wildman–Crippen MR) is 133 cm³/mol. The molecule has 2 aromatic carbocycles. The molecule has 1 saturated heterocycles. The molecule has 0 unspecified atom stereocenters. The zero-order chi connectivity index (χ0) is 27.7. The molecule has 1 aromatic heterocycles. The van der Waals surface area contributed by atoms with Gasteiger partial charge < -0.3 is 9.47 Å². The second-order valence-corrected chi connectivity index (χ2v) is 11.3. The minimum absolute atomic E-state index is 0.00368. The number of amides is 1. The van der Waals surface area contributed by atoms with Crippen LogP contribution in [0.5, 0.6) is 0 Å². The number of carbonyl (C=O) groups excluding carboxylic acids is 1. The van der Waals surface area contributed by atoms with Crippen LogP contribution in [-0.4, -0.2) is 38.7 Å². The summed E-state index contributed by atoms with van der Waals surface area (Å²) in [6, 6.07) is 8.35. The van der Waals surface area contributed by atoms with Crippen LogP contribution >= 0.6 is 0 Å². The highest BCUT2D eigenvalue weighted by Gasteiger charge is 2.48. The SMILES string of the molecule is Cn1cnnc1[C@H](F)[C@](C)(F)c1cccc(N2Cc3c(cc(CN4CCC5(CC5)C4)cc3C(F)(F)F)C2=O)c1. The van der Waals surface area contributed by atoms with E-state index >= 15 is 8.78 Å². The van der Waals surface area contributed by atoms with Crippen molar-refractivity contribution in [2.24, 2.45) is 12.5 Å². The Balaban J connectivity index is 1.31. The lowest BCUT2D eigenvalue weighted by Crippen LogP contribution is -2.27. The van der Waals surface area contributed by atoms with Crippen LogP contribution in [-0.2, 0) is 32.0 Å². The number of aromatic nitrogens is 3. The van der Waals surface area contributed by atoms with Gasteiger partial charge in [-0.3, -0.25) is 9.69 Å². The van der Waals surface area contributed by atoms with Crippen molar-refractivity contribution in [1.29, 1.82) is 0 Å². The maximum atomic E-state index is 15.8. The Morgan fingerprint density at radius 3 is 2.51 bits per heavy atom. The molecule has 1 aliphatic carbocycles. The molecule has 206 valence electrons. The monoisotopic (exact) mass is 545 g/mol. The van der Waals surface area contributed by atoms with Crippen LogP contribution in [0.15, 0.2) is 42.7 Å². The van der Waals surface area contributed by atoms with Crippen LogP contribution in [0.25, 0.3) is 0 Å². The van der Waals surface area contributed by atoms with Gasteiger partial charge in [0.2, 0.25) is 0 Å². The van der Waals surface area contributed by atoms with Crippen molar-refractivity contribution in [2.75, 3.05) is 18.0 Å². The van der Waals surface area contributed by atoms with Gasteiger partial charge in [-0.2, -0.15) is 13.2 Å². The van der Waals surface area contributed by atoms with E-state index in [1.165, 1.54) is 47.1 Å². The summed E-state index contributed by atoms with van der Waals surface area (Å²) in [4.78, 5) is 16.8. The van der Waals surface area contributed by atoms with Gasteiger partial charge in [-0.05, 0) is 79.1 Å². The Hall–Kier alpha value is -3.34. The van der Waals surface area contributed by atoms with E-state index < -0.39 is 29.5 Å². The average Bonchev–Trinajstić information content (AvgIpc) is 3.16. The summed E-state index contributed by atoms with van der Waals surface area (Å²) in [5.41, 5.74) is -2.58. The number of nitrogens with zero attached hydrogens (tertiary/aromatic N) is 5. The van der Waals surface area contributed by atoms with Crippen molar-refractivity contribution < 1.29 is 26.7 Å². The molecule has 0 N–H and O–H groups in total. The summed E-state index contributed by atoms with van der Waals surface area (Å²) in [5.74, 6) is -0.803. The lowest BCUT2D eigenvalue weighted by Gasteiger charge is -2.26. The number of hydrogen-bond donors (Lipinski definition) is 0. The van der Waals surface area contributed by atoms with Crippen LogP contribution in [0.3, 0.4) is 0 Å². The lowest BCUT2D eigenvalue weighted by atomic mass is 9.92. The fourth-order valence-corrected chi connectivity index (χ4v) is 5.92. The van der Waals surface area contributed by atoms with Crippen molar-refractivity contribution >= 4 is 11.6 Å². The smallest absolute Gasteiger partial charge is 0.318 e. The Kier molecular flexibility index (Phi) is 5.87. The normalized spacial score (nSPS) is 20.9. The molecule has 39 heavy (non-hydrogen) atoms. The van der Waals surface area contributed by atoms with Crippen LogP contribution in [0.1, 0.15) is 70.8 Å². The highest BCUT2D eigenvalue weighted by atomic mass is 19.4. The number of rotatable bonds is 6. The summed E-state index contributed by atoms with van der Waals surface area (Å²) < 4.78 is 74.8. The summed E-state index contributed by atoms with van der Waals surface area (Å²) in [6.07, 6.45) is -2.17. The molecule has 6 nitrogen and oxygen atoms in total. The molecular formula is C28H28F5N5O. The maximum absolute atomic E-state index is 15.8. The van der Waals surface area contributed by atoms with Crippen LogP contribution < -0.4 is 4.90 Å². The summed E-state index contributed by atoms with van der Waals surface area (Å²) in [5, 5.41) is 7.26. The number of alkyl halides is 5. The molecule has 2 aliphatic heterocycles.